The van der Waals surface area contributed by atoms with E-state index in [9.17, 15) is 13.2 Å². The number of hydrogen-bond acceptors (Lipinski definition) is 6. The molecule has 0 bridgehead atoms. The number of rotatable bonds is 4. The zero-order chi connectivity index (χ0) is 19.6. The van der Waals surface area contributed by atoms with Crippen LogP contribution in [-0.2, 0) is 14.8 Å². The van der Waals surface area contributed by atoms with Crippen molar-refractivity contribution in [3.63, 3.8) is 0 Å². The summed E-state index contributed by atoms with van der Waals surface area (Å²) in [6.45, 7) is 0.160. The van der Waals surface area contributed by atoms with Crippen LogP contribution in [0.5, 0.6) is 0 Å². The van der Waals surface area contributed by atoms with Gasteiger partial charge in [-0.2, -0.15) is 4.31 Å². The van der Waals surface area contributed by atoms with E-state index < -0.39 is 10.0 Å². The Morgan fingerprint density at radius 3 is 2.46 bits per heavy atom. The maximum absolute atomic E-state index is 13.1. The van der Waals surface area contributed by atoms with Gasteiger partial charge in [0.15, 0.2) is 0 Å². The van der Waals surface area contributed by atoms with Gasteiger partial charge in [-0.05, 0) is 30.9 Å². The Balaban J connectivity index is 1.54. The Morgan fingerprint density at radius 2 is 1.79 bits per heavy atom. The Labute approximate surface area is 164 Å². The molecule has 2 aliphatic rings. The van der Waals surface area contributed by atoms with Crippen LogP contribution in [0.25, 0.3) is 11.3 Å². The molecule has 1 aliphatic carbocycles. The van der Waals surface area contributed by atoms with E-state index in [0.29, 0.717) is 23.7 Å². The van der Waals surface area contributed by atoms with E-state index in [1.165, 1.54) is 29.3 Å². The SMILES string of the molecule is O=C1CN(S(=O)(=O)c2ccc(-c3cncnc3)nc2)C[C@@H](C2CCCCC2)N1. The molecule has 1 atom stereocenters. The summed E-state index contributed by atoms with van der Waals surface area (Å²) in [6, 6.07) is 3.03. The van der Waals surface area contributed by atoms with Crippen molar-refractivity contribution in [3.05, 3.63) is 37.1 Å². The zero-order valence-corrected chi connectivity index (χ0v) is 16.3. The average Bonchev–Trinajstić information content (AvgIpc) is 2.75. The predicted octanol–water partition coefficient (Wildman–Crippen LogP) is 1.61. The summed E-state index contributed by atoms with van der Waals surface area (Å²) in [4.78, 5) is 24.4. The maximum Gasteiger partial charge on any atom is 0.245 e. The fourth-order valence-corrected chi connectivity index (χ4v) is 5.38. The lowest BCUT2D eigenvalue weighted by molar-refractivity contribution is -0.124. The fraction of sp³-hybridized carbons (Fsp3) is 0.474. The van der Waals surface area contributed by atoms with Crippen LogP contribution in [0, 0.1) is 5.92 Å². The molecule has 2 aromatic rings. The Hall–Kier alpha value is -2.39. The van der Waals surface area contributed by atoms with E-state index in [4.69, 9.17) is 0 Å². The van der Waals surface area contributed by atoms with E-state index in [1.807, 2.05) is 0 Å². The first kappa shape index (κ1) is 18.9. The number of nitrogens with one attached hydrogen (secondary N) is 1. The molecule has 1 saturated carbocycles. The van der Waals surface area contributed by atoms with Crippen LogP contribution in [0.2, 0.25) is 0 Å². The first-order valence-electron chi connectivity index (χ1n) is 9.55. The second-order valence-electron chi connectivity index (χ2n) is 7.38. The van der Waals surface area contributed by atoms with Crippen LogP contribution in [0.4, 0.5) is 0 Å². The van der Waals surface area contributed by atoms with Gasteiger partial charge in [-0.15, -0.1) is 0 Å². The number of carbonyl (C=O) groups is 1. The first-order valence-corrected chi connectivity index (χ1v) is 11.0. The molecule has 28 heavy (non-hydrogen) atoms. The lowest BCUT2D eigenvalue weighted by Crippen LogP contribution is -2.58. The van der Waals surface area contributed by atoms with E-state index in [0.717, 1.165) is 25.7 Å². The highest BCUT2D eigenvalue weighted by molar-refractivity contribution is 7.89. The molecule has 2 aromatic heterocycles. The quantitative estimate of drug-likeness (QED) is 0.834. The molecule has 0 radical (unpaired) electrons. The monoisotopic (exact) mass is 401 g/mol. The second-order valence-corrected chi connectivity index (χ2v) is 9.31. The van der Waals surface area contributed by atoms with Crippen LogP contribution >= 0.6 is 0 Å². The minimum Gasteiger partial charge on any atom is -0.351 e. The molecule has 1 saturated heterocycles. The number of sulfonamides is 1. The topological polar surface area (TPSA) is 105 Å². The number of nitrogens with zero attached hydrogens (tertiary/aromatic N) is 4. The van der Waals surface area contributed by atoms with Gasteiger partial charge in [0.25, 0.3) is 0 Å². The summed E-state index contributed by atoms with van der Waals surface area (Å²) in [5.41, 5.74) is 1.30. The van der Waals surface area contributed by atoms with Gasteiger partial charge < -0.3 is 5.32 Å². The number of amides is 1. The Kier molecular flexibility index (Phi) is 5.36. The van der Waals surface area contributed by atoms with Crippen molar-refractivity contribution in [1.82, 2.24) is 24.6 Å². The molecule has 0 unspecified atom stereocenters. The lowest BCUT2D eigenvalue weighted by Gasteiger charge is -2.38. The summed E-state index contributed by atoms with van der Waals surface area (Å²) in [5.74, 6) is 0.102. The number of piperazine rings is 1. The van der Waals surface area contributed by atoms with Crippen LogP contribution < -0.4 is 5.32 Å². The van der Waals surface area contributed by atoms with Crippen molar-refractivity contribution < 1.29 is 13.2 Å². The molecule has 0 spiro atoms. The standard InChI is InChI=1S/C19H23N5O3S/c25-19-12-24(11-18(23-19)14-4-2-1-3-5-14)28(26,27)16-6-7-17(22-10-16)15-8-20-13-21-9-15/h6-10,13-14,18H,1-5,11-12H2,(H,23,25)/t18-/m0/s1. The van der Waals surface area contributed by atoms with Crippen molar-refractivity contribution in [2.24, 2.45) is 5.92 Å². The molecule has 2 fully saturated rings. The maximum atomic E-state index is 13.1. The number of pyridine rings is 1. The molecule has 8 nitrogen and oxygen atoms in total. The Morgan fingerprint density at radius 1 is 1.04 bits per heavy atom. The van der Waals surface area contributed by atoms with Crippen molar-refractivity contribution >= 4 is 15.9 Å². The summed E-state index contributed by atoms with van der Waals surface area (Å²) in [5, 5.41) is 3.00. The number of aromatic nitrogens is 3. The average molecular weight is 401 g/mol. The highest BCUT2D eigenvalue weighted by Gasteiger charge is 2.37. The van der Waals surface area contributed by atoms with Crippen molar-refractivity contribution in [2.75, 3.05) is 13.1 Å². The second kappa shape index (κ2) is 7.92. The molecule has 148 valence electrons. The predicted molar refractivity (Wildman–Crippen MR) is 103 cm³/mol. The highest BCUT2D eigenvalue weighted by Crippen LogP contribution is 2.29. The molecule has 1 aliphatic heterocycles. The van der Waals surface area contributed by atoms with E-state index in [-0.39, 0.29) is 23.4 Å². The van der Waals surface area contributed by atoms with Gasteiger partial charge in [0.2, 0.25) is 15.9 Å². The molecular formula is C19H23N5O3S. The van der Waals surface area contributed by atoms with Gasteiger partial charge in [-0.1, -0.05) is 19.3 Å². The minimum absolute atomic E-state index is 0.0881. The number of hydrogen-bond donors (Lipinski definition) is 1. The third kappa shape index (κ3) is 3.90. The summed E-state index contributed by atoms with van der Waals surface area (Å²) in [6.07, 6.45) is 11.6. The molecule has 4 rings (SSSR count). The summed E-state index contributed by atoms with van der Waals surface area (Å²) in [7, 11) is -3.79. The van der Waals surface area contributed by atoms with Crippen molar-refractivity contribution in [3.8, 4) is 11.3 Å². The minimum atomic E-state index is -3.79. The fourth-order valence-electron chi connectivity index (χ4n) is 4.01. The van der Waals surface area contributed by atoms with E-state index >= 15 is 0 Å². The van der Waals surface area contributed by atoms with Crippen LogP contribution in [0.1, 0.15) is 32.1 Å². The van der Waals surface area contributed by atoms with Gasteiger partial charge in [0.1, 0.15) is 11.2 Å². The highest BCUT2D eigenvalue weighted by atomic mass is 32.2. The number of carbonyl (C=O) groups excluding carboxylic acids is 1. The zero-order valence-electron chi connectivity index (χ0n) is 15.5. The molecular weight excluding hydrogens is 378 g/mol. The van der Waals surface area contributed by atoms with Gasteiger partial charge in [0, 0.05) is 36.7 Å². The molecule has 1 N–H and O–H groups in total. The Bertz CT molecular complexity index is 928. The molecule has 1 amide bonds. The third-order valence-corrected chi connectivity index (χ3v) is 7.31. The molecule has 9 heteroatoms. The van der Waals surface area contributed by atoms with Gasteiger partial charge in [0.05, 0.1) is 12.2 Å². The van der Waals surface area contributed by atoms with Crippen molar-refractivity contribution in [2.45, 2.75) is 43.0 Å². The first-order chi connectivity index (χ1) is 13.5. The summed E-state index contributed by atoms with van der Waals surface area (Å²) >= 11 is 0. The van der Waals surface area contributed by atoms with E-state index in [1.54, 1.807) is 18.5 Å². The molecule has 3 heterocycles. The van der Waals surface area contributed by atoms with Crippen molar-refractivity contribution in [1.29, 1.82) is 0 Å². The third-order valence-electron chi connectivity index (χ3n) is 5.52. The van der Waals surface area contributed by atoms with Gasteiger partial charge in [-0.25, -0.2) is 18.4 Å². The van der Waals surface area contributed by atoms with Crippen LogP contribution in [0.3, 0.4) is 0 Å². The molecule has 0 aromatic carbocycles. The summed E-state index contributed by atoms with van der Waals surface area (Å²) < 4.78 is 27.5. The van der Waals surface area contributed by atoms with Gasteiger partial charge in [-0.3, -0.25) is 9.78 Å². The van der Waals surface area contributed by atoms with Crippen LogP contribution in [-0.4, -0.2) is 52.7 Å². The lowest BCUT2D eigenvalue weighted by atomic mass is 9.83. The smallest absolute Gasteiger partial charge is 0.245 e. The van der Waals surface area contributed by atoms with E-state index in [2.05, 4.69) is 20.3 Å². The van der Waals surface area contributed by atoms with Crippen LogP contribution in [0.15, 0.2) is 41.9 Å². The van der Waals surface area contributed by atoms with Gasteiger partial charge >= 0.3 is 0 Å². The largest absolute Gasteiger partial charge is 0.351 e. The normalized spacial score (nSPS) is 22.0.